The van der Waals surface area contributed by atoms with E-state index in [1.165, 1.54) is 14.2 Å². The summed E-state index contributed by atoms with van der Waals surface area (Å²) in [5, 5.41) is 21.6. The average molecular weight is 311 g/mol. The van der Waals surface area contributed by atoms with Gasteiger partial charge in [0.2, 0.25) is 0 Å². The van der Waals surface area contributed by atoms with Gasteiger partial charge in [0.15, 0.2) is 23.0 Å². The number of benzene rings is 2. The van der Waals surface area contributed by atoms with E-state index in [2.05, 4.69) is 4.98 Å². The van der Waals surface area contributed by atoms with Crippen LogP contribution in [0, 0.1) is 0 Å². The average Bonchev–Trinajstić information content (AvgIpc) is 2.54. The van der Waals surface area contributed by atoms with Crippen LogP contribution in [0.3, 0.4) is 0 Å². The maximum absolute atomic E-state index is 9.90. The summed E-state index contributed by atoms with van der Waals surface area (Å²) in [4.78, 5) is 4.43. The molecule has 23 heavy (non-hydrogen) atoms. The first-order chi connectivity index (χ1) is 11.1. The molecule has 0 saturated carbocycles. The van der Waals surface area contributed by atoms with Crippen LogP contribution in [-0.2, 0) is 6.42 Å². The molecule has 0 atom stereocenters. The van der Waals surface area contributed by atoms with Crippen LogP contribution in [0.1, 0.15) is 11.3 Å². The zero-order chi connectivity index (χ0) is 16.4. The highest BCUT2D eigenvalue weighted by atomic mass is 16.5. The van der Waals surface area contributed by atoms with Crippen LogP contribution in [0.5, 0.6) is 23.0 Å². The van der Waals surface area contributed by atoms with Crippen molar-refractivity contribution in [3.8, 4) is 23.0 Å². The lowest BCUT2D eigenvalue weighted by molar-refractivity contribution is 0.373. The molecule has 0 spiro atoms. The van der Waals surface area contributed by atoms with Gasteiger partial charge in [0.25, 0.3) is 0 Å². The molecule has 0 fully saturated rings. The second kappa shape index (κ2) is 6.04. The van der Waals surface area contributed by atoms with Crippen molar-refractivity contribution in [1.29, 1.82) is 0 Å². The van der Waals surface area contributed by atoms with E-state index < -0.39 is 0 Å². The number of hydrogen-bond acceptors (Lipinski definition) is 5. The zero-order valence-electron chi connectivity index (χ0n) is 12.9. The maximum atomic E-state index is 9.90. The predicted molar refractivity (Wildman–Crippen MR) is 87.4 cm³/mol. The molecule has 3 rings (SSSR count). The quantitative estimate of drug-likeness (QED) is 0.774. The van der Waals surface area contributed by atoms with Gasteiger partial charge in [-0.25, -0.2) is 0 Å². The first-order valence-electron chi connectivity index (χ1n) is 7.13. The van der Waals surface area contributed by atoms with Gasteiger partial charge in [0, 0.05) is 18.0 Å². The highest BCUT2D eigenvalue weighted by Gasteiger charge is 2.10. The Morgan fingerprint density at radius 2 is 1.65 bits per heavy atom. The molecule has 0 amide bonds. The number of hydrogen-bond donors (Lipinski definition) is 2. The number of rotatable bonds is 4. The molecule has 0 aliphatic carbocycles. The third-order valence-corrected chi connectivity index (χ3v) is 3.76. The van der Waals surface area contributed by atoms with Gasteiger partial charge in [-0.3, -0.25) is 4.98 Å². The Hall–Kier alpha value is -2.95. The summed E-state index contributed by atoms with van der Waals surface area (Å²) in [5.74, 6) is 1.04. The van der Waals surface area contributed by atoms with Crippen molar-refractivity contribution >= 4 is 10.8 Å². The molecule has 5 nitrogen and oxygen atoms in total. The lowest BCUT2D eigenvalue weighted by Crippen LogP contribution is -1.95. The molecule has 3 aromatic rings. The summed E-state index contributed by atoms with van der Waals surface area (Å²) in [6, 6.07) is 10.5. The second-order valence-corrected chi connectivity index (χ2v) is 5.19. The summed E-state index contributed by atoms with van der Waals surface area (Å²) in [5.41, 5.74) is 1.75. The summed E-state index contributed by atoms with van der Waals surface area (Å²) in [6.45, 7) is 0. The minimum atomic E-state index is 0.0965. The highest BCUT2D eigenvalue weighted by molar-refractivity contribution is 5.88. The largest absolute Gasteiger partial charge is 0.504 e. The van der Waals surface area contributed by atoms with E-state index in [-0.39, 0.29) is 11.5 Å². The fourth-order valence-corrected chi connectivity index (χ4v) is 2.59. The fourth-order valence-electron chi connectivity index (χ4n) is 2.59. The van der Waals surface area contributed by atoms with E-state index in [0.29, 0.717) is 17.9 Å². The highest BCUT2D eigenvalue weighted by Crippen LogP contribution is 2.33. The lowest BCUT2D eigenvalue weighted by Gasteiger charge is -2.10. The molecule has 1 heterocycles. The van der Waals surface area contributed by atoms with Crippen LogP contribution in [0.4, 0.5) is 0 Å². The van der Waals surface area contributed by atoms with Crippen molar-refractivity contribution in [3.05, 3.63) is 53.9 Å². The normalized spacial score (nSPS) is 10.7. The molecule has 0 unspecified atom stereocenters. The van der Waals surface area contributed by atoms with Crippen LogP contribution in [0.15, 0.2) is 42.6 Å². The van der Waals surface area contributed by atoms with Crippen molar-refractivity contribution < 1.29 is 19.7 Å². The van der Waals surface area contributed by atoms with Crippen LogP contribution in [0.25, 0.3) is 10.8 Å². The zero-order valence-corrected chi connectivity index (χ0v) is 12.9. The van der Waals surface area contributed by atoms with E-state index in [1.807, 2.05) is 12.1 Å². The molecule has 2 N–H and O–H groups in total. The van der Waals surface area contributed by atoms with Crippen molar-refractivity contribution in [2.45, 2.75) is 6.42 Å². The third-order valence-electron chi connectivity index (χ3n) is 3.76. The number of phenols is 2. The van der Waals surface area contributed by atoms with E-state index in [9.17, 15) is 10.2 Å². The van der Waals surface area contributed by atoms with Crippen LogP contribution >= 0.6 is 0 Å². The van der Waals surface area contributed by atoms with Gasteiger partial charge < -0.3 is 19.7 Å². The number of methoxy groups -OCH3 is 2. The molecule has 0 saturated heterocycles. The summed E-state index contributed by atoms with van der Waals surface area (Å²) >= 11 is 0. The number of nitrogens with zero attached hydrogens (tertiary/aromatic N) is 1. The molecule has 0 radical (unpaired) electrons. The van der Waals surface area contributed by atoms with Crippen LogP contribution in [0.2, 0.25) is 0 Å². The van der Waals surface area contributed by atoms with E-state index in [1.54, 1.807) is 30.5 Å². The molecule has 1 aromatic heterocycles. The summed E-state index contributed by atoms with van der Waals surface area (Å²) < 4.78 is 10.2. The third kappa shape index (κ3) is 2.85. The Bertz CT molecular complexity index is 861. The standard InChI is InChI=1S/C18H17NO4/c1-22-17-4-3-11(8-15(17)20)7-14-13-10-18(23-2)16(21)9-12(13)5-6-19-14/h3-6,8-10,20-21H,7H2,1-2H3. The Balaban J connectivity index is 2.04. The van der Waals surface area contributed by atoms with Crippen LogP contribution < -0.4 is 9.47 Å². The van der Waals surface area contributed by atoms with Gasteiger partial charge in [0.05, 0.1) is 19.9 Å². The fraction of sp³-hybridized carbons (Fsp3) is 0.167. The monoisotopic (exact) mass is 311 g/mol. The first kappa shape index (κ1) is 15.0. The molecule has 5 heteroatoms. The van der Waals surface area contributed by atoms with Gasteiger partial charge >= 0.3 is 0 Å². The van der Waals surface area contributed by atoms with Gasteiger partial charge in [-0.05, 0) is 41.3 Å². The van der Waals surface area contributed by atoms with Gasteiger partial charge in [-0.1, -0.05) is 6.07 Å². The molecule has 2 aromatic carbocycles. The molecule has 0 bridgehead atoms. The number of pyridine rings is 1. The van der Waals surface area contributed by atoms with E-state index >= 15 is 0 Å². The van der Waals surface area contributed by atoms with Crippen molar-refractivity contribution in [2.75, 3.05) is 14.2 Å². The maximum Gasteiger partial charge on any atom is 0.161 e. The van der Waals surface area contributed by atoms with Crippen LogP contribution in [-0.4, -0.2) is 29.4 Å². The number of ether oxygens (including phenoxy) is 2. The van der Waals surface area contributed by atoms with Gasteiger partial charge in [-0.15, -0.1) is 0 Å². The number of aromatic nitrogens is 1. The number of fused-ring (bicyclic) bond motifs is 1. The predicted octanol–water partition coefficient (Wildman–Crippen LogP) is 3.25. The lowest BCUT2D eigenvalue weighted by atomic mass is 10.0. The van der Waals surface area contributed by atoms with Crippen molar-refractivity contribution in [2.24, 2.45) is 0 Å². The Morgan fingerprint density at radius 3 is 2.35 bits per heavy atom. The summed E-state index contributed by atoms with van der Waals surface area (Å²) in [7, 11) is 3.03. The van der Waals surface area contributed by atoms with Gasteiger partial charge in [-0.2, -0.15) is 0 Å². The number of phenolic OH excluding ortho intramolecular Hbond substituents is 2. The van der Waals surface area contributed by atoms with Gasteiger partial charge in [0.1, 0.15) is 0 Å². The molecular weight excluding hydrogens is 294 g/mol. The second-order valence-electron chi connectivity index (χ2n) is 5.19. The first-order valence-corrected chi connectivity index (χ1v) is 7.13. The molecular formula is C18H17NO4. The Kier molecular flexibility index (Phi) is 3.93. The summed E-state index contributed by atoms with van der Waals surface area (Å²) in [6.07, 6.45) is 2.25. The Morgan fingerprint density at radius 1 is 0.913 bits per heavy atom. The molecule has 0 aliphatic heterocycles. The van der Waals surface area contributed by atoms with Crippen molar-refractivity contribution in [1.82, 2.24) is 4.98 Å². The van der Waals surface area contributed by atoms with Crippen molar-refractivity contribution in [3.63, 3.8) is 0 Å². The van der Waals surface area contributed by atoms with E-state index in [0.717, 1.165) is 22.0 Å². The minimum Gasteiger partial charge on any atom is -0.504 e. The minimum absolute atomic E-state index is 0.0965. The number of aromatic hydroxyl groups is 2. The topological polar surface area (TPSA) is 71.8 Å². The molecule has 118 valence electrons. The SMILES string of the molecule is COc1ccc(Cc2nccc3cc(O)c(OC)cc23)cc1O. The van der Waals surface area contributed by atoms with E-state index in [4.69, 9.17) is 9.47 Å². The Labute approximate surface area is 133 Å². The smallest absolute Gasteiger partial charge is 0.161 e. The molecule has 0 aliphatic rings.